The predicted molar refractivity (Wildman–Crippen MR) is 81.1 cm³/mol. The van der Waals surface area contributed by atoms with Crippen molar-refractivity contribution in [3.63, 3.8) is 0 Å². The molecule has 6 heteroatoms. The Morgan fingerprint density at radius 3 is 1.95 bits per heavy atom. The maximum absolute atomic E-state index is 10.3. The highest BCUT2D eigenvalue weighted by Crippen LogP contribution is 2.14. The van der Waals surface area contributed by atoms with Crippen molar-refractivity contribution in [2.24, 2.45) is 0 Å². The van der Waals surface area contributed by atoms with Crippen LogP contribution in [0.4, 0.5) is 4.79 Å². The molecule has 2 aromatic rings. The van der Waals surface area contributed by atoms with E-state index in [0.29, 0.717) is 0 Å². The van der Waals surface area contributed by atoms with Crippen LogP contribution < -0.4 is 5.32 Å². The number of carbonyl (C=O) groups is 2. The third-order valence-corrected chi connectivity index (χ3v) is 2.77. The van der Waals surface area contributed by atoms with Gasteiger partial charge in [0.25, 0.3) is 0 Å². The lowest BCUT2D eigenvalue weighted by Crippen LogP contribution is -2.24. The highest BCUT2D eigenvalue weighted by atomic mass is 16.4. The summed E-state index contributed by atoms with van der Waals surface area (Å²) in [6.45, 7) is 1.81. The summed E-state index contributed by atoms with van der Waals surface area (Å²) in [6, 6.07) is 15.1. The van der Waals surface area contributed by atoms with Crippen LogP contribution in [-0.2, 0) is 0 Å². The summed E-state index contributed by atoms with van der Waals surface area (Å²) in [5, 5.41) is 28.1. The van der Waals surface area contributed by atoms with E-state index in [1.165, 1.54) is 12.1 Å². The predicted octanol–water partition coefficient (Wildman–Crippen LogP) is 3.11. The first-order chi connectivity index (χ1) is 10.4. The fraction of sp³-hybridized carbons (Fsp3) is 0.125. The summed E-state index contributed by atoms with van der Waals surface area (Å²) in [4.78, 5) is 20.5. The van der Waals surface area contributed by atoms with Gasteiger partial charge in [-0.25, -0.2) is 9.59 Å². The first-order valence-corrected chi connectivity index (χ1v) is 6.47. The molecule has 0 aliphatic rings. The van der Waals surface area contributed by atoms with Gasteiger partial charge in [-0.2, -0.15) is 0 Å². The van der Waals surface area contributed by atoms with Crippen LogP contribution in [0.25, 0.3) is 0 Å². The van der Waals surface area contributed by atoms with E-state index < -0.39 is 12.1 Å². The first-order valence-electron chi connectivity index (χ1n) is 6.47. The van der Waals surface area contributed by atoms with E-state index in [1.807, 2.05) is 37.3 Å². The van der Waals surface area contributed by atoms with Gasteiger partial charge in [-0.15, -0.1) is 0 Å². The fourth-order valence-electron chi connectivity index (χ4n) is 1.66. The van der Waals surface area contributed by atoms with Gasteiger partial charge in [0.05, 0.1) is 6.04 Å². The van der Waals surface area contributed by atoms with Crippen molar-refractivity contribution < 1.29 is 24.9 Å². The number of para-hydroxylation sites is 1. The third kappa shape index (κ3) is 5.54. The Labute approximate surface area is 127 Å². The minimum Gasteiger partial charge on any atom is -0.507 e. The van der Waals surface area contributed by atoms with Crippen LogP contribution >= 0.6 is 0 Å². The van der Waals surface area contributed by atoms with E-state index in [9.17, 15) is 9.59 Å². The van der Waals surface area contributed by atoms with Crippen LogP contribution in [0.5, 0.6) is 5.75 Å². The van der Waals surface area contributed by atoms with Crippen LogP contribution in [0.3, 0.4) is 0 Å². The molecule has 0 radical (unpaired) electrons. The number of aromatic carboxylic acids is 1. The summed E-state index contributed by atoms with van der Waals surface area (Å²) in [5.74, 6) is -1.31. The molecule has 2 rings (SSSR count). The number of hydrogen-bond donors (Lipinski definition) is 4. The van der Waals surface area contributed by atoms with Gasteiger partial charge in [0.1, 0.15) is 11.3 Å². The van der Waals surface area contributed by atoms with Crippen molar-refractivity contribution in [2.75, 3.05) is 0 Å². The number of hydrogen-bond acceptors (Lipinski definition) is 3. The van der Waals surface area contributed by atoms with Crippen LogP contribution in [0.15, 0.2) is 54.6 Å². The molecule has 0 bridgehead atoms. The summed E-state index contributed by atoms with van der Waals surface area (Å²) >= 11 is 0. The molecule has 0 spiro atoms. The van der Waals surface area contributed by atoms with Crippen LogP contribution in [0, 0.1) is 0 Å². The van der Waals surface area contributed by atoms with Gasteiger partial charge in [0.2, 0.25) is 0 Å². The van der Waals surface area contributed by atoms with Crippen molar-refractivity contribution in [3.8, 4) is 5.75 Å². The van der Waals surface area contributed by atoms with Gasteiger partial charge in [-0.1, -0.05) is 42.5 Å². The second-order valence-corrected chi connectivity index (χ2v) is 4.40. The summed E-state index contributed by atoms with van der Waals surface area (Å²) < 4.78 is 0. The Kier molecular flexibility index (Phi) is 6.43. The fourth-order valence-corrected chi connectivity index (χ4v) is 1.66. The minimum absolute atomic E-state index is 0.0671. The number of nitrogens with one attached hydrogen (secondary N) is 1. The van der Waals surface area contributed by atoms with Crippen LogP contribution in [-0.4, -0.2) is 27.4 Å². The number of rotatable bonds is 3. The number of carboxylic acids is 1. The Bertz CT molecular complexity index is 627. The second kappa shape index (κ2) is 8.31. The summed E-state index contributed by atoms with van der Waals surface area (Å²) in [7, 11) is 0. The van der Waals surface area contributed by atoms with Crippen molar-refractivity contribution in [1.29, 1.82) is 0 Å². The zero-order valence-electron chi connectivity index (χ0n) is 11.9. The number of carboxylic acid groups (broad SMARTS) is 2. The quantitative estimate of drug-likeness (QED) is 0.697. The zero-order valence-corrected chi connectivity index (χ0v) is 11.9. The topological polar surface area (TPSA) is 107 Å². The number of benzene rings is 2. The van der Waals surface area contributed by atoms with Crippen LogP contribution in [0.1, 0.15) is 28.9 Å². The van der Waals surface area contributed by atoms with E-state index in [-0.39, 0.29) is 17.4 Å². The molecular formula is C16H17NO5. The normalized spacial score (nSPS) is 10.8. The maximum atomic E-state index is 10.3. The molecular weight excluding hydrogens is 286 g/mol. The van der Waals surface area contributed by atoms with E-state index in [0.717, 1.165) is 5.56 Å². The average Bonchev–Trinajstić information content (AvgIpc) is 2.48. The molecule has 4 N–H and O–H groups in total. The molecule has 116 valence electrons. The molecule has 6 nitrogen and oxygen atoms in total. The Balaban J connectivity index is 0.000000224. The molecule has 0 heterocycles. The second-order valence-electron chi connectivity index (χ2n) is 4.40. The highest BCUT2D eigenvalue weighted by molar-refractivity contribution is 5.90. The molecule has 1 atom stereocenters. The van der Waals surface area contributed by atoms with E-state index in [1.54, 1.807) is 12.1 Å². The minimum atomic E-state index is -1.11. The van der Waals surface area contributed by atoms with Crippen LogP contribution in [0.2, 0.25) is 0 Å². The maximum Gasteiger partial charge on any atom is 0.405 e. The summed E-state index contributed by atoms with van der Waals surface area (Å²) in [6.07, 6.45) is -0.994. The molecule has 22 heavy (non-hydrogen) atoms. The molecule has 1 amide bonds. The average molecular weight is 303 g/mol. The number of amides is 1. The lowest BCUT2D eigenvalue weighted by atomic mass is 10.1. The van der Waals surface area contributed by atoms with E-state index in [2.05, 4.69) is 5.32 Å². The van der Waals surface area contributed by atoms with Crippen molar-refractivity contribution in [1.82, 2.24) is 5.32 Å². The standard InChI is InChI=1S/C9H11NO2.C7H6O3/c1-7(10-9(11)12)8-5-3-2-4-6-8;8-6-4-2-1-3-5(6)7(9)10/h2-7,10H,1H3,(H,11,12);1-4,8H,(H,9,10). The molecule has 1 unspecified atom stereocenters. The van der Waals surface area contributed by atoms with Gasteiger partial charge in [0.15, 0.2) is 0 Å². The molecule has 0 saturated heterocycles. The SMILES string of the molecule is CC(NC(=O)O)c1ccccc1.O=C(O)c1ccccc1O. The number of phenols is 1. The third-order valence-electron chi connectivity index (χ3n) is 2.77. The van der Waals surface area contributed by atoms with Crippen molar-refractivity contribution in [2.45, 2.75) is 13.0 Å². The van der Waals surface area contributed by atoms with Gasteiger partial charge >= 0.3 is 12.1 Å². The first kappa shape index (κ1) is 17.0. The van der Waals surface area contributed by atoms with Crippen molar-refractivity contribution >= 4 is 12.1 Å². The zero-order chi connectivity index (χ0) is 16.5. The lowest BCUT2D eigenvalue weighted by molar-refractivity contribution is 0.0693. The van der Waals surface area contributed by atoms with Gasteiger partial charge in [0, 0.05) is 0 Å². The van der Waals surface area contributed by atoms with E-state index >= 15 is 0 Å². The Morgan fingerprint density at radius 1 is 0.955 bits per heavy atom. The molecule has 0 saturated carbocycles. The molecule has 0 aromatic heterocycles. The summed E-state index contributed by atoms with van der Waals surface area (Å²) in [5.41, 5.74) is 0.905. The molecule has 2 aromatic carbocycles. The molecule has 0 aliphatic carbocycles. The van der Waals surface area contributed by atoms with E-state index in [4.69, 9.17) is 15.3 Å². The Hall–Kier alpha value is -3.02. The highest BCUT2D eigenvalue weighted by Gasteiger charge is 2.06. The monoisotopic (exact) mass is 303 g/mol. The largest absolute Gasteiger partial charge is 0.507 e. The Morgan fingerprint density at radius 2 is 1.50 bits per heavy atom. The number of aromatic hydroxyl groups is 1. The van der Waals surface area contributed by atoms with Gasteiger partial charge in [-0.05, 0) is 24.6 Å². The lowest BCUT2D eigenvalue weighted by Gasteiger charge is -2.10. The van der Waals surface area contributed by atoms with Gasteiger partial charge < -0.3 is 20.6 Å². The molecule has 0 fully saturated rings. The molecule has 0 aliphatic heterocycles. The van der Waals surface area contributed by atoms with Crippen molar-refractivity contribution in [3.05, 3.63) is 65.7 Å². The van der Waals surface area contributed by atoms with Gasteiger partial charge in [-0.3, -0.25) is 0 Å². The smallest absolute Gasteiger partial charge is 0.405 e.